The fraction of sp³-hybridized carbons (Fsp3) is 0.556. The molecule has 0 saturated carbocycles. The van der Waals surface area contributed by atoms with E-state index in [1.165, 1.54) is 0 Å². The van der Waals surface area contributed by atoms with Gasteiger partial charge in [0.1, 0.15) is 0 Å². The van der Waals surface area contributed by atoms with E-state index in [2.05, 4.69) is 20.3 Å². The maximum Gasteiger partial charge on any atom is 0.234 e. The van der Waals surface area contributed by atoms with Gasteiger partial charge < -0.3 is 5.73 Å². The fourth-order valence-electron chi connectivity index (χ4n) is 1.26. The van der Waals surface area contributed by atoms with Gasteiger partial charge in [-0.1, -0.05) is 0 Å². The predicted molar refractivity (Wildman–Crippen MR) is 58.8 cm³/mol. The van der Waals surface area contributed by atoms with Crippen LogP contribution in [0.3, 0.4) is 0 Å². The van der Waals surface area contributed by atoms with Gasteiger partial charge >= 0.3 is 0 Å². The number of aromatic nitrogens is 2. The van der Waals surface area contributed by atoms with E-state index in [0.29, 0.717) is 0 Å². The van der Waals surface area contributed by atoms with E-state index in [1.807, 2.05) is 26.8 Å². The van der Waals surface area contributed by atoms with Gasteiger partial charge in [0.2, 0.25) is 5.96 Å². The van der Waals surface area contributed by atoms with Gasteiger partial charge in [0, 0.05) is 12.7 Å². The van der Waals surface area contributed by atoms with Crippen molar-refractivity contribution >= 4 is 5.96 Å². The molecule has 6 nitrogen and oxygen atoms in total. The van der Waals surface area contributed by atoms with E-state index in [1.54, 1.807) is 11.7 Å². The molecule has 1 aromatic rings. The van der Waals surface area contributed by atoms with Gasteiger partial charge in [-0.15, -0.1) is 5.11 Å². The van der Waals surface area contributed by atoms with Crippen LogP contribution in [-0.2, 0) is 0 Å². The molecule has 1 rings (SSSR count). The molecular weight excluding hydrogens is 192 g/mol. The number of azo groups is 1. The van der Waals surface area contributed by atoms with Crippen LogP contribution in [0.5, 0.6) is 0 Å². The van der Waals surface area contributed by atoms with Crippen LogP contribution < -0.4 is 5.73 Å². The molecule has 0 bridgehead atoms. The smallest absolute Gasteiger partial charge is 0.234 e. The molecule has 0 aliphatic carbocycles. The van der Waals surface area contributed by atoms with Crippen molar-refractivity contribution in [3.05, 3.63) is 17.5 Å². The van der Waals surface area contributed by atoms with Gasteiger partial charge in [-0.3, -0.25) is 4.99 Å². The van der Waals surface area contributed by atoms with Crippen LogP contribution in [0.1, 0.15) is 24.5 Å². The number of rotatable bonds is 2. The SMILES string of the molecule is C/N=C(N)\N=N/C(C)n1nc(C)cc1C. The third kappa shape index (κ3) is 2.87. The highest BCUT2D eigenvalue weighted by Gasteiger charge is 2.07. The molecule has 0 amide bonds. The Morgan fingerprint density at radius 2 is 2.20 bits per heavy atom. The lowest BCUT2D eigenvalue weighted by atomic mass is 10.4. The number of aliphatic imine (C=N–C) groups is 1. The average Bonchev–Trinajstić information content (AvgIpc) is 2.53. The van der Waals surface area contributed by atoms with Crippen molar-refractivity contribution < 1.29 is 0 Å². The van der Waals surface area contributed by atoms with E-state index in [4.69, 9.17) is 5.73 Å². The molecule has 0 saturated heterocycles. The lowest BCUT2D eigenvalue weighted by Gasteiger charge is -2.07. The summed E-state index contributed by atoms with van der Waals surface area (Å²) in [6.07, 6.45) is -0.168. The second-order valence-electron chi connectivity index (χ2n) is 3.30. The van der Waals surface area contributed by atoms with Gasteiger partial charge in [-0.25, -0.2) is 4.68 Å². The van der Waals surface area contributed by atoms with Crippen LogP contribution in [0.4, 0.5) is 0 Å². The zero-order valence-corrected chi connectivity index (χ0v) is 9.47. The first-order valence-electron chi connectivity index (χ1n) is 4.70. The standard InChI is InChI=1S/C9H16N6/c1-6-5-7(2)15(14-6)8(3)12-13-9(10)11-4/h5,8H,1-4H3,(H2,10,11)/b13-12-. The highest BCUT2D eigenvalue weighted by atomic mass is 15.4. The molecule has 0 radical (unpaired) electrons. The Morgan fingerprint density at radius 1 is 1.53 bits per heavy atom. The number of nitrogens with zero attached hydrogens (tertiary/aromatic N) is 5. The second kappa shape index (κ2) is 4.68. The summed E-state index contributed by atoms with van der Waals surface area (Å²) in [5.74, 6) is 0.170. The highest BCUT2D eigenvalue weighted by molar-refractivity contribution is 5.77. The zero-order valence-electron chi connectivity index (χ0n) is 9.47. The molecule has 0 aromatic carbocycles. The normalized spacial score (nSPS) is 14.8. The van der Waals surface area contributed by atoms with Crippen molar-refractivity contribution in [1.82, 2.24) is 9.78 Å². The third-order valence-corrected chi connectivity index (χ3v) is 1.95. The summed E-state index contributed by atoms with van der Waals surface area (Å²) in [5, 5.41) is 12.1. The zero-order chi connectivity index (χ0) is 11.4. The molecule has 0 aliphatic rings. The first-order chi connectivity index (χ1) is 7.04. The van der Waals surface area contributed by atoms with Crippen molar-refractivity contribution in [2.24, 2.45) is 21.0 Å². The number of hydrogen-bond donors (Lipinski definition) is 1. The number of hydrogen-bond acceptors (Lipinski definition) is 3. The predicted octanol–water partition coefficient (Wildman–Crippen LogP) is 1.42. The van der Waals surface area contributed by atoms with E-state index >= 15 is 0 Å². The first-order valence-corrected chi connectivity index (χ1v) is 4.70. The largest absolute Gasteiger partial charge is 0.367 e. The molecule has 1 unspecified atom stereocenters. The topological polar surface area (TPSA) is 80.9 Å². The minimum Gasteiger partial charge on any atom is -0.367 e. The van der Waals surface area contributed by atoms with Crippen LogP contribution in [0, 0.1) is 13.8 Å². The third-order valence-electron chi connectivity index (χ3n) is 1.95. The molecule has 2 N–H and O–H groups in total. The number of guanidine groups is 1. The van der Waals surface area contributed by atoms with Gasteiger partial charge in [-0.05, 0) is 26.8 Å². The van der Waals surface area contributed by atoms with Crippen molar-refractivity contribution in [1.29, 1.82) is 0 Å². The van der Waals surface area contributed by atoms with Crippen molar-refractivity contribution in [2.45, 2.75) is 26.9 Å². The Morgan fingerprint density at radius 3 is 2.67 bits per heavy atom. The van der Waals surface area contributed by atoms with Gasteiger partial charge in [-0.2, -0.15) is 10.2 Å². The van der Waals surface area contributed by atoms with E-state index in [0.717, 1.165) is 11.4 Å². The molecule has 1 atom stereocenters. The van der Waals surface area contributed by atoms with E-state index < -0.39 is 0 Å². The van der Waals surface area contributed by atoms with Crippen molar-refractivity contribution in [2.75, 3.05) is 7.05 Å². The van der Waals surface area contributed by atoms with Crippen LogP contribution >= 0.6 is 0 Å². The van der Waals surface area contributed by atoms with Gasteiger partial charge in [0.05, 0.1) is 5.69 Å². The van der Waals surface area contributed by atoms with Crippen LogP contribution in [-0.4, -0.2) is 22.8 Å². The van der Waals surface area contributed by atoms with Crippen LogP contribution in [0.15, 0.2) is 21.3 Å². The van der Waals surface area contributed by atoms with Crippen molar-refractivity contribution in [3.63, 3.8) is 0 Å². The maximum atomic E-state index is 5.40. The Labute approximate surface area is 88.9 Å². The number of aryl methyl sites for hydroxylation is 2. The lowest BCUT2D eigenvalue weighted by molar-refractivity contribution is 0.480. The fourth-order valence-corrected chi connectivity index (χ4v) is 1.26. The molecule has 1 heterocycles. The summed E-state index contributed by atoms with van der Waals surface area (Å²) >= 11 is 0. The van der Waals surface area contributed by atoms with Gasteiger partial charge in [0.25, 0.3) is 0 Å². The first kappa shape index (κ1) is 11.4. The molecule has 0 spiro atoms. The minimum absolute atomic E-state index is 0.168. The molecule has 6 heteroatoms. The van der Waals surface area contributed by atoms with Crippen LogP contribution in [0.2, 0.25) is 0 Å². The summed E-state index contributed by atoms with van der Waals surface area (Å²) in [6.45, 7) is 5.81. The second-order valence-corrected chi connectivity index (χ2v) is 3.30. The monoisotopic (exact) mass is 208 g/mol. The summed E-state index contributed by atoms with van der Waals surface area (Å²) in [5.41, 5.74) is 7.41. The molecular formula is C9H16N6. The van der Waals surface area contributed by atoms with Crippen molar-refractivity contribution in [3.8, 4) is 0 Å². The Balaban J connectivity index is 2.81. The number of nitrogens with two attached hydrogens (primary N) is 1. The van der Waals surface area contributed by atoms with Crippen LogP contribution in [0.25, 0.3) is 0 Å². The van der Waals surface area contributed by atoms with E-state index in [9.17, 15) is 0 Å². The quantitative estimate of drug-likeness (QED) is 0.453. The summed E-state index contributed by atoms with van der Waals surface area (Å²) in [4.78, 5) is 3.69. The molecule has 15 heavy (non-hydrogen) atoms. The Bertz CT molecular complexity index is 389. The van der Waals surface area contributed by atoms with E-state index in [-0.39, 0.29) is 12.1 Å². The molecule has 0 aliphatic heterocycles. The molecule has 82 valence electrons. The molecule has 1 aromatic heterocycles. The Kier molecular flexibility index (Phi) is 3.54. The highest BCUT2D eigenvalue weighted by Crippen LogP contribution is 2.11. The summed E-state index contributed by atoms with van der Waals surface area (Å²) in [6, 6.07) is 1.99. The summed E-state index contributed by atoms with van der Waals surface area (Å²) < 4.78 is 1.79. The maximum absolute atomic E-state index is 5.40. The summed E-state index contributed by atoms with van der Waals surface area (Å²) in [7, 11) is 1.57. The lowest BCUT2D eigenvalue weighted by Crippen LogP contribution is -2.10. The minimum atomic E-state index is -0.168. The van der Waals surface area contributed by atoms with Gasteiger partial charge in [0.15, 0.2) is 6.17 Å². The molecule has 0 fully saturated rings. The average molecular weight is 208 g/mol. The Hall–Kier alpha value is -1.72.